The number of aryl methyl sites for hydroxylation is 1. The molecule has 19 heavy (non-hydrogen) atoms. The van der Waals surface area contributed by atoms with E-state index in [4.69, 9.17) is 9.47 Å². The molecule has 0 saturated carbocycles. The Labute approximate surface area is 114 Å². The predicted octanol–water partition coefficient (Wildman–Crippen LogP) is 2.55. The summed E-state index contributed by atoms with van der Waals surface area (Å²) in [4.78, 5) is 8.84. The van der Waals surface area contributed by atoms with Gasteiger partial charge in [-0.25, -0.2) is 4.98 Å². The molecule has 1 N–H and O–H groups in total. The van der Waals surface area contributed by atoms with Crippen LogP contribution in [0.2, 0.25) is 0 Å². The topological polar surface area (TPSA) is 56.3 Å². The van der Waals surface area contributed by atoms with E-state index in [1.807, 2.05) is 13.0 Å². The van der Waals surface area contributed by atoms with Crippen molar-refractivity contribution < 1.29 is 9.47 Å². The minimum atomic E-state index is -0.115. The molecule has 2 atom stereocenters. The van der Waals surface area contributed by atoms with Crippen LogP contribution in [0.1, 0.15) is 39.3 Å². The number of nitrogens with zero attached hydrogens (tertiary/aromatic N) is 2. The van der Waals surface area contributed by atoms with Crippen molar-refractivity contribution >= 4 is 5.95 Å². The highest BCUT2D eigenvalue weighted by molar-refractivity contribution is 5.34. The third-order valence-electron chi connectivity index (χ3n) is 3.57. The lowest BCUT2D eigenvalue weighted by molar-refractivity contribution is 0.105. The summed E-state index contributed by atoms with van der Waals surface area (Å²) in [5, 5.41) is 3.40. The van der Waals surface area contributed by atoms with E-state index in [-0.39, 0.29) is 11.6 Å². The Morgan fingerprint density at radius 2 is 2.32 bits per heavy atom. The zero-order valence-electron chi connectivity index (χ0n) is 12.2. The number of hydrogen-bond acceptors (Lipinski definition) is 5. The molecule has 1 fully saturated rings. The van der Waals surface area contributed by atoms with Gasteiger partial charge in [-0.15, -0.1) is 0 Å². The van der Waals surface area contributed by atoms with Gasteiger partial charge in [-0.3, -0.25) is 0 Å². The lowest BCUT2D eigenvalue weighted by Gasteiger charge is -2.29. The van der Waals surface area contributed by atoms with Gasteiger partial charge in [0.25, 0.3) is 0 Å². The summed E-state index contributed by atoms with van der Waals surface area (Å²) < 4.78 is 11.2. The first-order valence-electron chi connectivity index (χ1n) is 6.92. The van der Waals surface area contributed by atoms with Crippen molar-refractivity contribution in [1.29, 1.82) is 0 Å². The second-order valence-corrected chi connectivity index (χ2v) is 5.33. The van der Waals surface area contributed by atoms with Gasteiger partial charge in [0.15, 0.2) is 0 Å². The van der Waals surface area contributed by atoms with Crippen LogP contribution in [0.5, 0.6) is 5.88 Å². The van der Waals surface area contributed by atoms with E-state index in [0.717, 1.165) is 25.1 Å². The smallest absolute Gasteiger partial charge is 0.226 e. The fraction of sp³-hybridized carbons (Fsp3) is 0.714. The zero-order chi connectivity index (χ0) is 13.9. The second-order valence-electron chi connectivity index (χ2n) is 5.33. The van der Waals surface area contributed by atoms with E-state index < -0.39 is 0 Å². The molecule has 2 unspecified atom stereocenters. The van der Waals surface area contributed by atoms with Crippen LogP contribution in [0.4, 0.5) is 5.95 Å². The molecule has 0 spiro atoms. The van der Waals surface area contributed by atoms with Crippen molar-refractivity contribution in [2.75, 3.05) is 18.5 Å². The van der Waals surface area contributed by atoms with Crippen molar-refractivity contribution in [2.45, 2.75) is 52.2 Å². The number of aromatic nitrogens is 2. The van der Waals surface area contributed by atoms with Crippen molar-refractivity contribution in [3.05, 3.63) is 11.8 Å². The minimum Gasteiger partial charge on any atom is -0.478 e. The van der Waals surface area contributed by atoms with Gasteiger partial charge >= 0.3 is 0 Å². The number of nitrogens with one attached hydrogen (secondary N) is 1. The van der Waals surface area contributed by atoms with Gasteiger partial charge < -0.3 is 14.8 Å². The van der Waals surface area contributed by atoms with Crippen LogP contribution in [-0.4, -0.2) is 34.8 Å². The van der Waals surface area contributed by atoms with Gasteiger partial charge in [0.05, 0.1) is 18.2 Å². The Morgan fingerprint density at radius 1 is 1.53 bits per heavy atom. The Kier molecular flexibility index (Phi) is 4.24. The molecular formula is C14H23N3O2. The Bertz CT molecular complexity index is 439. The van der Waals surface area contributed by atoms with Crippen LogP contribution < -0.4 is 10.1 Å². The molecule has 0 bridgehead atoms. The van der Waals surface area contributed by atoms with E-state index in [0.29, 0.717) is 18.4 Å². The maximum Gasteiger partial charge on any atom is 0.226 e. The average molecular weight is 265 g/mol. The van der Waals surface area contributed by atoms with E-state index >= 15 is 0 Å². The summed E-state index contributed by atoms with van der Waals surface area (Å²) in [5.41, 5.74) is 0.786. The SMILES string of the molecule is CCCOc1cc(C)nc(NC2(C)CCOC2C)n1. The third kappa shape index (κ3) is 3.35. The molecule has 1 aromatic rings. The molecule has 1 aliphatic heterocycles. The summed E-state index contributed by atoms with van der Waals surface area (Å²) in [6.07, 6.45) is 2.07. The van der Waals surface area contributed by atoms with E-state index in [2.05, 4.69) is 36.1 Å². The summed E-state index contributed by atoms with van der Waals surface area (Å²) in [6, 6.07) is 1.86. The normalized spacial score (nSPS) is 26.4. The monoisotopic (exact) mass is 265 g/mol. The lowest BCUT2D eigenvalue weighted by atomic mass is 9.95. The number of hydrogen-bond donors (Lipinski definition) is 1. The van der Waals surface area contributed by atoms with E-state index in [1.54, 1.807) is 0 Å². The Morgan fingerprint density at radius 3 is 2.95 bits per heavy atom. The highest BCUT2D eigenvalue weighted by atomic mass is 16.5. The van der Waals surface area contributed by atoms with Gasteiger partial charge in [-0.05, 0) is 33.6 Å². The average Bonchev–Trinajstić information content (AvgIpc) is 2.66. The van der Waals surface area contributed by atoms with Gasteiger partial charge in [-0.1, -0.05) is 6.92 Å². The highest BCUT2D eigenvalue weighted by Gasteiger charge is 2.37. The fourth-order valence-corrected chi connectivity index (χ4v) is 2.13. The van der Waals surface area contributed by atoms with Crippen LogP contribution >= 0.6 is 0 Å². The number of rotatable bonds is 5. The fourth-order valence-electron chi connectivity index (χ4n) is 2.13. The Balaban J connectivity index is 2.13. The maximum absolute atomic E-state index is 5.62. The molecule has 2 heterocycles. The summed E-state index contributed by atoms with van der Waals surface area (Å²) in [7, 11) is 0. The maximum atomic E-state index is 5.62. The van der Waals surface area contributed by atoms with Crippen LogP contribution in [-0.2, 0) is 4.74 Å². The molecule has 5 nitrogen and oxygen atoms in total. The summed E-state index contributed by atoms with van der Waals surface area (Å²) >= 11 is 0. The molecule has 5 heteroatoms. The first-order chi connectivity index (χ1) is 9.03. The molecule has 2 rings (SSSR count). The molecule has 0 aliphatic carbocycles. The second kappa shape index (κ2) is 5.74. The van der Waals surface area contributed by atoms with Gasteiger partial charge in [0, 0.05) is 18.4 Å². The Hall–Kier alpha value is -1.36. The molecule has 0 aromatic carbocycles. The van der Waals surface area contributed by atoms with Gasteiger partial charge in [-0.2, -0.15) is 4.98 Å². The highest BCUT2D eigenvalue weighted by Crippen LogP contribution is 2.28. The van der Waals surface area contributed by atoms with Crippen molar-refractivity contribution in [1.82, 2.24) is 9.97 Å². The van der Waals surface area contributed by atoms with E-state index in [1.165, 1.54) is 0 Å². The van der Waals surface area contributed by atoms with Crippen molar-refractivity contribution in [3.8, 4) is 5.88 Å². The van der Waals surface area contributed by atoms with Gasteiger partial charge in [0.1, 0.15) is 0 Å². The summed E-state index contributed by atoms with van der Waals surface area (Å²) in [5.74, 6) is 1.25. The predicted molar refractivity (Wildman–Crippen MR) is 74.6 cm³/mol. The molecule has 106 valence electrons. The molecule has 1 saturated heterocycles. The molecule has 0 amide bonds. The minimum absolute atomic E-state index is 0.115. The number of anilines is 1. The molecular weight excluding hydrogens is 242 g/mol. The lowest BCUT2D eigenvalue weighted by Crippen LogP contribution is -2.41. The van der Waals surface area contributed by atoms with Crippen LogP contribution in [0.3, 0.4) is 0 Å². The summed E-state index contributed by atoms with van der Waals surface area (Å²) in [6.45, 7) is 9.68. The largest absolute Gasteiger partial charge is 0.478 e. The van der Waals surface area contributed by atoms with Gasteiger partial charge in [0.2, 0.25) is 11.8 Å². The van der Waals surface area contributed by atoms with Crippen molar-refractivity contribution in [3.63, 3.8) is 0 Å². The first-order valence-corrected chi connectivity index (χ1v) is 6.92. The molecule has 1 aliphatic rings. The zero-order valence-corrected chi connectivity index (χ0v) is 12.2. The number of ether oxygens (including phenoxy) is 2. The standard InChI is InChI=1S/C14H23N3O2/c1-5-7-19-12-9-10(2)15-13(16-12)17-14(4)6-8-18-11(14)3/h9,11H,5-8H2,1-4H3,(H,15,16,17). The molecule has 0 radical (unpaired) electrons. The third-order valence-corrected chi connectivity index (χ3v) is 3.57. The quantitative estimate of drug-likeness (QED) is 0.886. The van der Waals surface area contributed by atoms with Crippen LogP contribution in [0.15, 0.2) is 6.07 Å². The van der Waals surface area contributed by atoms with E-state index in [9.17, 15) is 0 Å². The van der Waals surface area contributed by atoms with Crippen LogP contribution in [0, 0.1) is 6.92 Å². The van der Waals surface area contributed by atoms with Crippen molar-refractivity contribution in [2.24, 2.45) is 0 Å². The van der Waals surface area contributed by atoms with Crippen LogP contribution in [0.25, 0.3) is 0 Å². The first kappa shape index (κ1) is 14.1. The molecule has 1 aromatic heterocycles.